The predicted molar refractivity (Wildman–Crippen MR) is 87.7 cm³/mol. The van der Waals surface area contributed by atoms with E-state index in [1.54, 1.807) is 18.2 Å². The second-order valence-corrected chi connectivity index (χ2v) is 5.30. The molecule has 0 bridgehead atoms. The van der Waals surface area contributed by atoms with Gasteiger partial charge in [0.05, 0.1) is 17.3 Å². The van der Waals surface area contributed by atoms with E-state index >= 15 is 0 Å². The van der Waals surface area contributed by atoms with Crippen molar-refractivity contribution < 1.29 is 9.53 Å². The van der Waals surface area contributed by atoms with Crippen LogP contribution in [0.3, 0.4) is 0 Å². The number of amides is 1. The summed E-state index contributed by atoms with van der Waals surface area (Å²) in [5.41, 5.74) is 6.83. The highest BCUT2D eigenvalue weighted by Crippen LogP contribution is 2.22. The summed E-state index contributed by atoms with van der Waals surface area (Å²) < 4.78 is 5.29. The maximum absolute atomic E-state index is 11.8. The van der Waals surface area contributed by atoms with E-state index in [1.165, 1.54) is 0 Å². The molecule has 0 aliphatic heterocycles. The number of ether oxygens (including phenoxy) is 1. The third kappa shape index (κ3) is 7.32. The summed E-state index contributed by atoms with van der Waals surface area (Å²) in [6, 6.07) is 5.08. The van der Waals surface area contributed by atoms with Gasteiger partial charge in [0, 0.05) is 25.3 Å². The zero-order chi connectivity index (χ0) is 15.7. The summed E-state index contributed by atoms with van der Waals surface area (Å²) in [5.74, 6) is -0.0186. The Morgan fingerprint density at radius 1 is 1.43 bits per heavy atom. The van der Waals surface area contributed by atoms with Crippen LogP contribution in [0.1, 0.15) is 19.8 Å². The molecule has 0 saturated carbocycles. The second kappa shape index (κ2) is 9.60. The largest absolute Gasteiger partial charge is 0.397 e. The van der Waals surface area contributed by atoms with Crippen LogP contribution in [0.15, 0.2) is 18.2 Å². The Morgan fingerprint density at radius 2 is 2.19 bits per heavy atom. The number of benzene rings is 1. The van der Waals surface area contributed by atoms with Crippen LogP contribution in [0.5, 0.6) is 0 Å². The number of hydrogen-bond donors (Lipinski definition) is 2. The fraction of sp³-hybridized carbons (Fsp3) is 0.533. The van der Waals surface area contributed by atoms with Crippen LogP contribution in [0.4, 0.5) is 11.4 Å². The molecule has 1 rings (SSSR count). The van der Waals surface area contributed by atoms with E-state index in [0.29, 0.717) is 22.8 Å². The summed E-state index contributed by atoms with van der Waals surface area (Å²) in [7, 11) is 2.02. The quantitative estimate of drug-likeness (QED) is 0.543. The number of rotatable bonds is 9. The number of nitrogens with two attached hydrogens (primary N) is 1. The van der Waals surface area contributed by atoms with Crippen LogP contribution in [-0.2, 0) is 9.53 Å². The van der Waals surface area contributed by atoms with E-state index < -0.39 is 0 Å². The first-order valence-corrected chi connectivity index (χ1v) is 7.52. The molecule has 1 aromatic carbocycles. The third-order valence-corrected chi connectivity index (χ3v) is 3.39. The van der Waals surface area contributed by atoms with Gasteiger partial charge in [-0.1, -0.05) is 11.6 Å². The number of carbonyl (C=O) groups excluding carboxylic acids is 1. The molecule has 0 saturated heterocycles. The summed E-state index contributed by atoms with van der Waals surface area (Å²) in [4.78, 5) is 14.0. The first kappa shape index (κ1) is 17.8. The van der Waals surface area contributed by atoms with E-state index in [9.17, 15) is 4.79 Å². The lowest BCUT2D eigenvalue weighted by Gasteiger charge is -2.16. The van der Waals surface area contributed by atoms with Gasteiger partial charge in [-0.05, 0) is 45.1 Å². The zero-order valence-electron chi connectivity index (χ0n) is 12.7. The first-order chi connectivity index (χ1) is 10.0. The maximum atomic E-state index is 11.8. The molecule has 0 aromatic heterocycles. The van der Waals surface area contributed by atoms with Crippen molar-refractivity contribution in [2.45, 2.75) is 19.8 Å². The van der Waals surface area contributed by atoms with Gasteiger partial charge >= 0.3 is 0 Å². The topological polar surface area (TPSA) is 67.6 Å². The number of nitrogen functional groups attached to an aromatic ring is 1. The van der Waals surface area contributed by atoms with Gasteiger partial charge in [-0.15, -0.1) is 0 Å². The Morgan fingerprint density at radius 3 is 2.86 bits per heavy atom. The molecule has 0 heterocycles. The summed E-state index contributed by atoms with van der Waals surface area (Å²) in [6.07, 6.45) is 1.28. The Bertz CT molecular complexity index is 455. The molecular formula is C15H24ClN3O2. The van der Waals surface area contributed by atoms with Crippen molar-refractivity contribution in [3.05, 3.63) is 23.2 Å². The highest BCUT2D eigenvalue weighted by molar-refractivity contribution is 6.33. The number of halogens is 1. The molecule has 0 fully saturated rings. The standard InChI is InChI=1S/C15H24ClN3O2/c1-3-21-10-9-19(2)8-4-5-15(20)18-12-6-7-13(16)14(17)11-12/h6-7,11H,3-5,8-10,17H2,1-2H3,(H,18,20). The van der Waals surface area contributed by atoms with Crippen LogP contribution in [0.25, 0.3) is 0 Å². The van der Waals surface area contributed by atoms with Crippen molar-refractivity contribution in [1.29, 1.82) is 0 Å². The summed E-state index contributed by atoms with van der Waals surface area (Å²) in [5, 5.41) is 3.30. The molecule has 6 heteroatoms. The molecule has 5 nitrogen and oxygen atoms in total. The second-order valence-electron chi connectivity index (χ2n) is 4.89. The molecule has 118 valence electrons. The zero-order valence-corrected chi connectivity index (χ0v) is 13.4. The molecule has 3 N–H and O–H groups in total. The maximum Gasteiger partial charge on any atom is 0.224 e. The van der Waals surface area contributed by atoms with E-state index in [4.69, 9.17) is 22.1 Å². The van der Waals surface area contributed by atoms with E-state index in [0.717, 1.165) is 32.7 Å². The Labute approximate surface area is 131 Å². The van der Waals surface area contributed by atoms with Gasteiger partial charge in [-0.25, -0.2) is 0 Å². The molecule has 0 radical (unpaired) electrons. The number of nitrogens with one attached hydrogen (secondary N) is 1. The van der Waals surface area contributed by atoms with Gasteiger partial charge in [0.25, 0.3) is 0 Å². The van der Waals surface area contributed by atoms with Crippen LogP contribution in [0.2, 0.25) is 5.02 Å². The fourth-order valence-electron chi connectivity index (χ4n) is 1.83. The number of nitrogens with zero attached hydrogens (tertiary/aromatic N) is 1. The molecule has 21 heavy (non-hydrogen) atoms. The molecular weight excluding hydrogens is 290 g/mol. The van der Waals surface area contributed by atoms with Crippen LogP contribution in [-0.4, -0.2) is 44.2 Å². The van der Waals surface area contributed by atoms with Crippen molar-refractivity contribution in [1.82, 2.24) is 4.90 Å². The lowest BCUT2D eigenvalue weighted by atomic mass is 10.2. The lowest BCUT2D eigenvalue weighted by Crippen LogP contribution is -2.25. The molecule has 0 aliphatic carbocycles. The van der Waals surface area contributed by atoms with Crippen molar-refractivity contribution >= 4 is 28.9 Å². The number of anilines is 2. The minimum atomic E-state index is -0.0186. The van der Waals surface area contributed by atoms with Crippen LogP contribution in [0, 0.1) is 0 Å². The minimum absolute atomic E-state index is 0.0186. The van der Waals surface area contributed by atoms with Gasteiger partial charge in [0.15, 0.2) is 0 Å². The van der Waals surface area contributed by atoms with Gasteiger partial charge in [0.2, 0.25) is 5.91 Å². The molecule has 0 spiro atoms. The average molecular weight is 314 g/mol. The highest BCUT2D eigenvalue weighted by Gasteiger charge is 2.05. The van der Waals surface area contributed by atoms with Gasteiger partial charge in [-0.3, -0.25) is 4.79 Å². The SMILES string of the molecule is CCOCCN(C)CCCC(=O)Nc1ccc(Cl)c(N)c1. The molecule has 0 atom stereocenters. The Hall–Kier alpha value is -1.30. The lowest BCUT2D eigenvalue weighted by molar-refractivity contribution is -0.116. The van der Waals surface area contributed by atoms with Gasteiger partial charge in [-0.2, -0.15) is 0 Å². The Balaban J connectivity index is 2.23. The number of likely N-dealkylation sites (N-methyl/N-ethyl adjacent to an activating group) is 1. The monoisotopic (exact) mass is 313 g/mol. The third-order valence-electron chi connectivity index (χ3n) is 3.04. The van der Waals surface area contributed by atoms with Crippen molar-refractivity contribution in [3.63, 3.8) is 0 Å². The smallest absolute Gasteiger partial charge is 0.224 e. The summed E-state index contributed by atoms with van der Waals surface area (Å²) >= 11 is 5.83. The first-order valence-electron chi connectivity index (χ1n) is 7.14. The normalized spacial score (nSPS) is 10.9. The van der Waals surface area contributed by atoms with Gasteiger partial charge in [0.1, 0.15) is 0 Å². The predicted octanol–water partition coefficient (Wildman–Crippen LogP) is 2.61. The highest BCUT2D eigenvalue weighted by atomic mass is 35.5. The average Bonchev–Trinajstić information content (AvgIpc) is 2.43. The van der Waals surface area contributed by atoms with Crippen molar-refractivity contribution in [2.75, 3.05) is 44.4 Å². The molecule has 1 amide bonds. The van der Waals surface area contributed by atoms with Crippen LogP contribution >= 0.6 is 11.6 Å². The fourth-order valence-corrected chi connectivity index (χ4v) is 1.95. The van der Waals surface area contributed by atoms with Crippen molar-refractivity contribution in [2.24, 2.45) is 0 Å². The van der Waals surface area contributed by atoms with E-state index in [-0.39, 0.29) is 5.91 Å². The van der Waals surface area contributed by atoms with Crippen LogP contribution < -0.4 is 11.1 Å². The Kier molecular flexibility index (Phi) is 8.12. The number of carbonyl (C=O) groups is 1. The van der Waals surface area contributed by atoms with E-state index in [1.807, 2.05) is 14.0 Å². The summed E-state index contributed by atoms with van der Waals surface area (Å²) in [6.45, 7) is 5.18. The minimum Gasteiger partial charge on any atom is -0.397 e. The van der Waals surface area contributed by atoms with Crippen molar-refractivity contribution in [3.8, 4) is 0 Å². The van der Waals surface area contributed by atoms with E-state index in [2.05, 4.69) is 10.2 Å². The molecule has 1 aromatic rings. The molecule has 0 unspecified atom stereocenters. The molecule has 0 aliphatic rings. The van der Waals surface area contributed by atoms with Gasteiger partial charge < -0.3 is 20.7 Å². The number of hydrogen-bond acceptors (Lipinski definition) is 4.